The van der Waals surface area contributed by atoms with Gasteiger partial charge < -0.3 is 5.73 Å². The van der Waals surface area contributed by atoms with Gasteiger partial charge >= 0.3 is 0 Å². The van der Waals surface area contributed by atoms with Crippen LogP contribution in [0.2, 0.25) is 0 Å². The van der Waals surface area contributed by atoms with E-state index in [0.29, 0.717) is 11.5 Å². The Balaban J connectivity index is 2.51. The molecule has 0 saturated carbocycles. The molecule has 2 N–H and O–H groups in total. The summed E-state index contributed by atoms with van der Waals surface area (Å²) in [5, 5.41) is 0. The van der Waals surface area contributed by atoms with Crippen molar-refractivity contribution in [2.24, 2.45) is 4.99 Å². The molecule has 0 fully saturated rings. The van der Waals surface area contributed by atoms with Crippen molar-refractivity contribution in [3.8, 4) is 0 Å². The van der Waals surface area contributed by atoms with Gasteiger partial charge in [0.15, 0.2) is 5.82 Å². The van der Waals surface area contributed by atoms with Gasteiger partial charge in [0, 0.05) is 24.2 Å². The Hall–Kier alpha value is -1.64. The highest BCUT2D eigenvalue weighted by molar-refractivity contribution is 5.74. The van der Waals surface area contributed by atoms with E-state index in [0.717, 1.165) is 12.8 Å². The number of hydrogen-bond acceptors (Lipinski definition) is 3. The van der Waals surface area contributed by atoms with E-state index >= 15 is 0 Å². The minimum Gasteiger partial charge on any atom is -0.399 e. The summed E-state index contributed by atoms with van der Waals surface area (Å²) in [4.78, 5) is 8.18. The number of allylic oxidation sites excluding steroid dienone is 2. The average molecular weight is 189 g/mol. The number of aromatic nitrogens is 1. The first-order valence-electron chi connectivity index (χ1n) is 4.73. The van der Waals surface area contributed by atoms with Crippen molar-refractivity contribution < 1.29 is 0 Å². The van der Waals surface area contributed by atoms with Crippen LogP contribution < -0.4 is 5.73 Å². The summed E-state index contributed by atoms with van der Waals surface area (Å²) in [6, 6.07) is 3.48. The van der Waals surface area contributed by atoms with Crippen LogP contribution in [-0.2, 0) is 0 Å². The van der Waals surface area contributed by atoms with E-state index in [1.165, 1.54) is 0 Å². The quantitative estimate of drug-likeness (QED) is 0.740. The zero-order valence-corrected chi connectivity index (χ0v) is 8.35. The highest BCUT2D eigenvalue weighted by Gasteiger charge is 1.88. The predicted octanol–water partition coefficient (Wildman–Crippen LogP) is 2.72. The largest absolute Gasteiger partial charge is 0.399 e. The third kappa shape index (κ3) is 3.85. The van der Waals surface area contributed by atoms with Gasteiger partial charge in [-0.1, -0.05) is 19.4 Å². The SMILES string of the molecule is CCCC=CC=Nc1cc(N)ccn1. The molecule has 0 aliphatic rings. The summed E-state index contributed by atoms with van der Waals surface area (Å²) in [7, 11) is 0. The maximum Gasteiger partial charge on any atom is 0.153 e. The van der Waals surface area contributed by atoms with Gasteiger partial charge in [0.05, 0.1) is 0 Å². The second kappa shape index (κ2) is 5.91. The monoisotopic (exact) mass is 189 g/mol. The van der Waals surface area contributed by atoms with Crippen LogP contribution in [0.5, 0.6) is 0 Å². The molecular weight excluding hydrogens is 174 g/mol. The lowest BCUT2D eigenvalue weighted by Crippen LogP contribution is -1.83. The number of unbranched alkanes of at least 4 members (excludes halogenated alkanes) is 1. The molecule has 0 atom stereocenters. The van der Waals surface area contributed by atoms with Crippen molar-refractivity contribution in [3.05, 3.63) is 30.5 Å². The second-order valence-electron chi connectivity index (χ2n) is 2.94. The molecule has 3 heteroatoms. The molecule has 0 amide bonds. The molecule has 1 rings (SSSR count). The van der Waals surface area contributed by atoms with Gasteiger partial charge in [-0.05, 0) is 18.6 Å². The van der Waals surface area contributed by atoms with Gasteiger partial charge in [-0.25, -0.2) is 9.98 Å². The van der Waals surface area contributed by atoms with E-state index in [1.807, 2.05) is 6.08 Å². The number of aliphatic imine (C=N–C) groups is 1. The fourth-order valence-corrected chi connectivity index (χ4v) is 0.948. The summed E-state index contributed by atoms with van der Waals surface area (Å²) in [5.74, 6) is 0.645. The van der Waals surface area contributed by atoms with Gasteiger partial charge in [-0.2, -0.15) is 0 Å². The zero-order valence-electron chi connectivity index (χ0n) is 8.35. The molecule has 0 saturated heterocycles. The van der Waals surface area contributed by atoms with Gasteiger partial charge in [-0.3, -0.25) is 0 Å². The van der Waals surface area contributed by atoms with Crippen molar-refractivity contribution in [2.75, 3.05) is 5.73 Å². The molecule has 14 heavy (non-hydrogen) atoms. The van der Waals surface area contributed by atoms with E-state index in [2.05, 4.69) is 23.0 Å². The molecule has 74 valence electrons. The molecule has 0 radical (unpaired) electrons. The van der Waals surface area contributed by atoms with Crippen LogP contribution in [0.1, 0.15) is 19.8 Å². The Labute approximate surface area is 84.4 Å². The van der Waals surface area contributed by atoms with Crippen LogP contribution in [0.15, 0.2) is 35.5 Å². The summed E-state index contributed by atoms with van der Waals surface area (Å²) in [6.45, 7) is 2.14. The molecule has 0 spiro atoms. The standard InChI is InChI=1S/C11H15N3/c1-2-3-4-5-7-13-11-9-10(12)6-8-14-11/h4-9H,2-3H2,1H3,(H2,12,14). The molecule has 3 nitrogen and oxygen atoms in total. The van der Waals surface area contributed by atoms with Crippen molar-refractivity contribution in [3.63, 3.8) is 0 Å². The molecule has 0 aliphatic heterocycles. The van der Waals surface area contributed by atoms with Gasteiger partial charge in [-0.15, -0.1) is 0 Å². The van der Waals surface area contributed by atoms with Crippen LogP contribution in [-0.4, -0.2) is 11.2 Å². The summed E-state index contributed by atoms with van der Waals surface area (Å²) >= 11 is 0. The molecule has 1 aromatic rings. The van der Waals surface area contributed by atoms with Crippen molar-refractivity contribution in [1.29, 1.82) is 0 Å². The summed E-state index contributed by atoms with van der Waals surface area (Å²) in [6.07, 6.45) is 9.62. The number of anilines is 1. The summed E-state index contributed by atoms with van der Waals surface area (Å²) in [5.41, 5.74) is 6.26. The third-order valence-corrected chi connectivity index (χ3v) is 1.65. The lowest BCUT2D eigenvalue weighted by Gasteiger charge is -1.92. The lowest BCUT2D eigenvalue weighted by atomic mass is 10.3. The average Bonchev–Trinajstić information content (AvgIpc) is 2.18. The number of rotatable bonds is 4. The first-order chi connectivity index (χ1) is 6.83. The first-order valence-corrected chi connectivity index (χ1v) is 4.73. The molecule has 1 aromatic heterocycles. The maximum atomic E-state index is 5.58. The zero-order chi connectivity index (χ0) is 10.2. The molecule has 0 bridgehead atoms. The highest BCUT2D eigenvalue weighted by Crippen LogP contribution is 2.10. The van der Waals surface area contributed by atoms with Gasteiger partial charge in [0.25, 0.3) is 0 Å². The van der Waals surface area contributed by atoms with E-state index in [4.69, 9.17) is 5.73 Å². The smallest absolute Gasteiger partial charge is 0.153 e. The Morgan fingerprint density at radius 3 is 3.14 bits per heavy atom. The molecular formula is C11H15N3. The lowest BCUT2D eigenvalue weighted by molar-refractivity contribution is 0.960. The number of hydrogen-bond donors (Lipinski definition) is 1. The van der Waals surface area contributed by atoms with Crippen molar-refractivity contribution in [2.45, 2.75) is 19.8 Å². The first kappa shape index (κ1) is 10.4. The van der Waals surface area contributed by atoms with Crippen LogP contribution in [0.4, 0.5) is 11.5 Å². The normalized spacial score (nSPS) is 11.5. The van der Waals surface area contributed by atoms with Crippen molar-refractivity contribution >= 4 is 17.7 Å². The molecule has 1 heterocycles. The number of nitrogens with zero attached hydrogens (tertiary/aromatic N) is 2. The third-order valence-electron chi connectivity index (χ3n) is 1.65. The molecule has 0 unspecified atom stereocenters. The fourth-order valence-electron chi connectivity index (χ4n) is 0.948. The maximum absolute atomic E-state index is 5.58. The second-order valence-corrected chi connectivity index (χ2v) is 2.94. The van der Waals surface area contributed by atoms with E-state index in [1.54, 1.807) is 24.5 Å². The molecule has 0 aromatic carbocycles. The minimum atomic E-state index is 0.645. The Bertz CT molecular complexity index is 329. The number of nitrogen functional groups attached to an aromatic ring is 1. The van der Waals surface area contributed by atoms with Crippen LogP contribution >= 0.6 is 0 Å². The Morgan fingerprint density at radius 1 is 1.57 bits per heavy atom. The fraction of sp³-hybridized carbons (Fsp3) is 0.273. The van der Waals surface area contributed by atoms with Crippen LogP contribution in [0.25, 0.3) is 0 Å². The van der Waals surface area contributed by atoms with E-state index < -0.39 is 0 Å². The van der Waals surface area contributed by atoms with Crippen LogP contribution in [0.3, 0.4) is 0 Å². The van der Waals surface area contributed by atoms with E-state index in [-0.39, 0.29) is 0 Å². The Morgan fingerprint density at radius 2 is 2.43 bits per heavy atom. The highest BCUT2D eigenvalue weighted by atomic mass is 14.9. The van der Waals surface area contributed by atoms with Gasteiger partial charge in [0.1, 0.15) is 0 Å². The number of nitrogens with two attached hydrogens (primary N) is 1. The predicted molar refractivity (Wildman–Crippen MR) is 60.8 cm³/mol. The Kier molecular flexibility index (Phi) is 4.41. The van der Waals surface area contributed by atoms with Gasteiger partial charge in [0.2, 0.25) is 0 Å². The molecule has 0 aliphatic carbocycles. The number of pyridine rings is 1. The van der Waals surface area contributed by atoms with Crippen molar-refractivity contribution in [1.82, 2.24) is 4.98 Å². The van der Waals surface area contributed by atoms with E-state index in [9.17, 15) is 0 Å². The summed E-state index contributed by atoms with van der Waals surface area (Å²) < 4.78 is 0. The van der Waals surface area contributed by atoms with Crippen LogP contribution in [0, 0.1) is 0 Å². The topological polar surface area (TPSA) is 51.3 Å². The minimum absolute atomic E-state index is 0.645.